The lowest BCUT2D eigenvalue weighted by atomic mass is 10.1. The number of allylic oxidation sites excluding steroid dienone is 1. The van der Waals surface area contributed by atoms with Gasteiger partial charge in [-0.15, -0.1) is 0 Å². The molecule has 0 aliphatic carbocycles. The van der Waals surface area contributed by atoms with E-state index in [-0.39, 0.29) is 6.10 Å². The van der Waals surface area contributed by atoms with Crippen molar-refractivity contribution in [2.24, 2.45) is 0 Å². The molecule has 1 unspecified atom stereocenters. The van der Waals surface area contributed by atoms with Crippen LogP contribution in [0.4, 0.5) is 0 Å². The highest BCUT2D eigenvalue weighted by atomic mass is 16.3. The summed E-state index contributed by atoms with van der Waals surface area (Å²) in [6.07, 6.45) is 5.04. The van der Waals surface area contributed by atoms with E-state index in [4.69, 9.17) is 5.11 Å². The van der Waals surface area contributed by atoms with Crippen molar-refractivity contribution in [3.05, 3.63) is 11.6 Å². The van der Waals surface area contributed by atoms with Crippen LogP contribution in [0.2, 0.25) is 0 Å². The Balaban J connectivity index is 3.78. The molecule has 0 aromatic heterocycles. The van der Waals surface area contributed by atoms with Crippen LogP contribution in [0, 0.1) is 0 Å². The fraction of sp³-hybridized carbons (Fsp3) is 0.778. The molecule has 0 saturated heterocycles. The molecule has 0 fully saturated rings. The molecule has 1 N–H and O–H groups in total. The lowest BCUT2D eigenvalue weighted by molar-refractivity contribution is 0.242. The van der Waals surface area contributed by atoms with E-state index in [1.165, 1.54) is 12.0 Å². The van der Waals surface area contributed by atoms with Gasteiger partial charge in [0, 0.05) is 0 Å². The molecular formula is C9H18O. The first-order valence-electron chi connectivity index (χ1n) is 4.08. The molecule has 0 aliphatic heterocycles. The topological polar surface area (TPSA) is 20.2 Å². The monoisotopic (exact) mass is 142 g/mol. The summed E-state index contributed by atoms with van der Waals surface area (Å²) in [6.45, 7) is 6.08. The summed E-state index contributed by atoms with van der Waals surface area (Å²) < 4.78 is 0. The minimum Gasteiger partial charge on any atom is -0.389 e. The molecule has 10 heavy (non-hydrogen) atoms. The van der Waals surface area contributed by atoms with Crippen molar-refractivity contribution < 1.29 is 5.11 Å². The Hall–Kier alpha value is -0.300. The average Bonchev–Trinajstić information content (AvgIpc) is 1.86. The molecule has 1 atom stereocenters. The lowest BCUT2D eigenvalue weighted by Gasteiger charge is -2.03. The second-order valence-corrected chi connectivity index (χ2v) is 2.67. The predicted molar refractivity (Wildman–Crippen MR) is 45.0 cm³/mol. The van der Waals surface area contributed by atoms with Gasteiger partial charge in [-0.3, -0.25) is 0 Å². The fourth-order valence-electron chi connectivity index (χ4n) is 1.04. The summed E-state index contributed by atoms with van der Waals surface area (Å²) in [7, 11) is 0. The van der Waals surface area contributed by atoms with Crippen LogP contribution in [-0.4, -0.2) is 11.2 Å². The van der Waals surface area contributed by atoms with Gasteiger partial charge in [0.25, 0.3) is 0 Å². The van der Waals surface area contributed by atoms with Gasteiger partial charge >= 0.3 is 0 Å². The standard InChI is InChI=1S/C9H18O/c1-4-6-9(5-2)7-8(3)10/h7-8,10H,4-6H2,1-3H3. The van der Waals surface area contributed by atoms with Gasteiger partial charge in [-0.25, -0.2) is 0 Å². The minimum atomic E-state index is -0.276. The zero-order valence-corrected chi connectivity index (χ0v) is 7.22. The van der Waals surface area contributed by atoms with Crippen molar-refractivity contribution in [3.8, 4) is 0 Å². The van der Waals surface area contributed by atoms with Crippen LogP contribution >= 0.6 is 0 Å². The molecule has 0 rings (SSSR count). The summed E-state index contributed by atoms with van der Waals surface area (Å²) >= 11 is 0. The Morgan fingerprint density at radius 1 is 1.50 bits per heavy atom. The molecule has 60 valence electrons. The van der Waals surface area contributed by atoms with Crippen LogP contribution in [-0.2, 0) is 0 Å². The summed E-state index contributed by atoms with van der Waals surface area (Å²) in [6, 6.07) is 0. The molecule has 0 saturated carbocycles. The third-order valence-corrected chi connectivity index (χ3v) is 1.50. The Bertz CT molecular complexity index is 103. The van der Waals surface area contributed by atoms with Crippen molar-refractivity contribution in [1.29, 1.82) is 0 Å². The molecule has 0 heterocycles. The number of hydrogen-bond acceptors (Lipinski definition) is 1. The molecule has 1 nitrogen and oxygen atoms in total. The Kier molecular flexibility index (Phi) is 5.32. The van der Waals surface area contributed by atoms with Crippen LogP contribution in [0.1, 0.15) is 40.0 Å². The van der Waals surface area contributed by atoms with E-state index in [0.29, 0.717) is 0 Å². The van der Waals surface area contributed by atoms with Gasteiger partial charge in [0.1, 0.15) is 0 Å². The van der Waals surface area contributed by atoms with Crippen LogP contribution in [0.3, 0.4) is 0 Å². The van der Waals surface area contributed by atoms with Crippen molar-refractivity contribution in [1.82, 2.24) is 0 Å². The van der Waals surface area contributed by atoms with Gasteiger partial charge < -0.3 is 5.11 Å². The molecule has 0 bridgehead atoms. The van der Waals surface area contributed by atoms with E-state index in [1.54, 1.807) is 6.92 Å². The SMILES string of the molecule is CCCC(=CC(C)O)CC. The zero-order valence-electron chi connectivity index (χ0n) is 7.22. The van der Waals surface area contributed by atoms with Gasteiger partial charge in [0.05, 0.1) is 6.10 Å². The van der Waals surface area contributed by atoms with Gasteiger partial charge in [-0.2, -0.15) is 0 Å². The first-order valence-corrected chi connectivity index (χ1v) is 4.08. The zero-order chi connectivity index (χ0) is 7.98. The van der Waals surface area contributed by atoms with Crippen LogP contribution < -0.4 is 0 Å². The van der Waals surface area contributed by atoms with Crippen molar-refractivity contribution in [2.75, 3.05) is 0 Å². The van der Waals surface area contributed by atoms with Crippen LogP contribution in [0.5, 0.6) is 0 Å². The van der Waals surface area contributed by atoms with E-state index >= 15 is 0 Å². The van der Waals surface area contributed by atoms with Crippen LogP contribution in [0.25, 0.3) is 0 Å². The molecule has 0 spiro atoms. The molecule has 0 aromatic carbocycles. The maximum Gasteiger partial charge on any atom is 0.0695 e. The highest BCUT2D eigenvalue weighted by Crippen LogP contribution is 2.09. The second kappa shape index (κ2) is 5.48. The van der Waals surface area contributed by atoms with E-state index < -0.39 is 0 Å². The Labute approximate surface area is 63.8 Å². The Morgan fingerprint density at radius 2 is 2.10 bits per heavy atom. The number of rotatable bonds is 4. The summed E-state index contributed by atoms with van der Waals surface area (Å²) in [5.41, 5.74) is 1.37. The van der Waals surface area contributed by atoms with Gasteiger partial charge in [0.2, 0.25) is 0 Å². The largest absolute Gasteiger partial charge is 0.389 e. The average molecular weight is 142 g/mol. The highest BCUT2D eigenvalue weighted by molar-refractivity contribution is 5.03. The number of hydrogen-bond donors (Lipinski definition) is 1. The second-order valence-electron chi connectivity index (χ2n) is 2.67. The summed E-state index contributed by atoms with van der Waals surface area (Å²) in [5, 5.41) is 9.00. The maximum atomic E-state index is 9.00. The molecule has 0 aliphatic rings. The third kappa shape index (κ3) is 4.57. The van der Waals surface area contributed by atoms with E-state index in [2.05, 4.69) is 13.8 Å². The Morgan fingerprint density at radius 3 is 2.40 bits per heavy atom. The van der Waals surface area contributed by atoms with Crippen molar-refractivity contribution in [3.63, 3.8) is 0 Å². The first kappa shape index (κ1) is 9.70. The highest BCUT2D eigenvalue weighted by Gasteiger charge is 1.94. The third-order valence-electron chi connectivity index (χ3n) is 1.50. The summed E-state index contributed by atoms with van der Waals surface area (Å²) in [4.78, 5) is 0. The molecular weight excluding hydrogens is 124 g/mol. The van der Waals surface area contributed by atoms with Crippen molar-refractivity contribution >= 4 is 0 Å². The predicted octanol–water partition coefficient (Wildman–Crippen LogP) is 2.50. The normalized spacial score (nSPS) is 15.4. The van der Waals surface area contributed by atoms with E-state index in [1.807, 2.05) is 6.08 Å². The lowest BCUT2D eigenvalue weighted by Crippen LogP contribution is -1.95. The molecule has 0 amide bonds. The van der Waals surface area contributed by atoms with Gasteiger partial charge in [-0.05, 0) is 19.8 Å². The molecule has 0 radical (unpaired) electrons. The number of aliphatic hydroxyl groups excluding tert-OH is 1. The maximum absolute atomic E-state index is 9.00. The smallest absolute Gasteiger partial charge is 0.0695 e. The van der Waals surface area contributed by atoms with Crippen molar-refractivity contribution in [2.45, 2.75) is 46.1 Å². The first-order chi connectivity index (χ1) is 4.70. The number of aliphatic hydroxyl groups is 1. The van der Waals surface area contributed by atoms with Crippen LogP contribution in [0.15, 0.2) is 11.6 Å². The van der Waals surface area contributed by atoms with Gasteiger partial charge in [0.15, 0.2) is 0 Å². The fourth-order valence-corrected chi connectivity index (χ4v) is 1.04. The summed E-state index contributed by atoms with van der Waals surface area (Å²) in [5.74, 6) is 0. The van der Waals surface area contributed by atoms with Gasteiger partial charge in [-0.1, -0.05) is 31.9 Å². The molecule has 1 heteroatoms. The molecule has 0 aromatic rings. The minimum absolute atomic E-state index is 0.276. The van der Waals surface area contributed by atoms with E-state index in [0.717, 1.165) is 12.8 Å². The van der Waals surface area contributed by atoms with E-state index in [9.17, 15) is 0 Å². The quantitative estimate of drug-likeness (QED) is 0.598.